The molecule has 0 aliphatic rings. The molecular formula is C44H51F3O2S. The van der Waals surface area contributed by atoms with Crippen LogP contribution in [0.4, 0.5) is 13.2 Å². The maximum absolute atomic E-state index is 12.6. The van der Waals surface area contributed by atoms with E-state index < -0.39 is 21.1 Å². The minimum Gasteiger partial charge on any atom is -0.220 e. The summed E-state index contributed by atoms with van der Waals surface area (Å²) in [4.78, 5) is 0. The van der Waals surface area contributed by atoms with Crippen LogP contribution in [0.5, 0.6) is 0 Å². The molecule has 5 aromatic carbocycles. The van der Waals surface area contributed by atoms with Crippen LogP contribution in [0.1, 0.15) is 103 Å². The molecule has 0 spiro atoms. The second-order valence-electron chi connectivity index (χ2n) is 15.8. The normalized spacial score (nSPS) is 13.0. The van der Waals surface area contributed by atoms with Crippen LogP contribution in [0.3, 0.4) is 0 Å². The Morgan fingerprint density at radius 3 is 1.44 bits per heavy atom. The molecule has 0 N–H and O–H groups in total. The molecule has 0 saturated carbocycles. The lowest BCUT2D eigenvalue weighted by atomic mass is 9.81. The zero-order valence-corrected chi connectivity index (χ0v) is 31.2. The van der Waals surface area contributed by atoms with E-state index in [-0.39, 0.29) is 17.3 Å². The van der Waals surface area contributed by atoms with Crippen molar-refractivity contribution in [3.63, 3.8) is 0 Å². The lowest BCUT2D eigenvalue weighted by Crippen LogP contribution is -2.26. The van der Waals surface area contributed by atoms with Gasteiger partial charge < -0.3 is 0 Å². The predicted molar refractivity (Wildman–Crippen MR) is 206 cm³/mol. The lowest BCUT2D eigenvalue weighted by molar-refractivity contribution is -0.0435. The first-order valence-corrected chi connectivity index (χ1v) is 19.6. The Morgan fingerprint density at radius 1 is 0.500 bits per heavy atom. The van der Waals surface area contributed by atoms with Crippen LogP contribution in [0.2, 0.25) is 0 Å². The van der Waals surface area contributed by atoms with Crippen LogP contribution >= 0.6 is 0 Å². The summed E-state index contributed by atoms with van der Waals surface area (Å²) in [5, 5.41) is 5.00. The van der Waals surface area contributed by atoms with Gasteiger partial charge in [0.15, 0.2) is 0 Å². The third-order valence-electron chi connectivity index (χ3n) is 9.93. The van der Waals surface area contributed by atoms with Gasteiger partial charge in [0, 0.05) is 0 Å². The molecule has 0 bridgehead atoms. The molecule has 5 rings (SSSR count). The number of alkyl halides is 3. The molecule has 266 valence electrons. The fraction of sp³-hybridized carbons (Fsp3) is 0.409. The van der Waals surface area contributed by atoms with Gasteiger partial charge in [-0.05, 0) is 90.6 Å². The number of unbranched alkanes of at least 4 members (excludes halogenated alkanes) is 6. The van der Waals surface area contributed by atoms with E-state index in [4.69, 9.17) is 0 Å². The number of fused-ring (bicyclic) bond motifs is 2. The van der Waals surface area contributed by atoms with Gasteiger partial charge in [0.05, 0.1) is 5.75 Å². The zero-order valence-electron chi connectivity index (χ0n) is 30.4. The van der Waals surface area contributed by atoms with Crippen LogP contribution in [0.15, 0.2) is 91.0 Å². The summed E-state index contributed by atoms with van der Waals surface area (Å²) in [6.07, 6.45) is 6.02. The topological polar surface area (TPSA) is 34.1 Å². The monoisotopic (exact) mass is 700 g/mol. The quantitative estimate of drug-likeness (QED) is 0.0959. The lowest BCUT2D eigenvalue weighted by Gasteiger charge is -2.23. The van der Waals surface area contributed by atoms with Crippen molar-refractivity contribution < 1.29 is 21.6 Å². The first-order valence-electron chi connectivity index (χ1n) is 18.0. The van der Waals surface area contributed by atoms with Gasteiger partial charge in [-0.3, -0.25) is 0 Å². The van der Waals surface area contributed by atoms with Crippen molar-refractivity contribution in [2.75, 3.05) is 5.75 Å². The van der Waals surface area contributed by atoms with E-state index in [0.717, 1.165) is 38.5 Å². The van der Waals surface area contributed by atoms with Gasteiger partial charge >= 0.3 is 5.51 Å². The van der Waals surface area contributed by atoms with Gasteiger partial charge in [0.2, 0.25) is 9.84 Å². The second-order valence-corrected chi connectivity index (χ2v) is 17.9. The third-order valence-corrected chi connectivity index (χ3v) is 11.5. The minimum absolute atomic E-state index is 0.0482. The molecule has 0 aliphatic heterocycles. The molecule has 0 aromatic heterocycles. The Hall–Kier alpha value is -3.64. The van der Waals surface area contributed by atoms with E-state index in [0.29, 0.717) is 6.42 Å². The largest absolute Gasteiger partial charge is 0.497 e. The number of halogens is 3. The standard InChI is InChI=1S/C44H51F3O2S/c1-42(2,3)34-26-22-32(23-27-34)39-36-19-13-14-20-37(36)40(33-24-28-35(29-25-33)43(4,5)6)41-31(18-16-21-38(39)41)17-12-10-8-7-9-11-15-30-50(48,49)44(45,46)47/h13-14,16,18-29H,7-12,15,17,30H2,1-6H3. The van der Waals surface area contributed by atoms with Gasteiger partial charge in [-0.25, -0.2) is 8.42 Å². The van der Waals surface area contributed by atoms with Crippen LogP contribution in [-0.2, 0) is 27.1 Å². The summed E-state index contributed by atoms with van der Waals surface area (Å²) in [5.74, 6) is -0.823. The maximum Gasteiger partial charge on any atom is 0.497 e. The smallest absolute Gasteiger partial charge is 0.220 e. The van der Waals surface area contributed by atoms with Crippen molar-refractivity contribution in [3.8, 4) is 22.3 Å². The summed E-state index contributed by atoms with van der Waals surface area (Å²) in [6.45, 7) is 13.4. The Morgan fingerprint density at radius 2 is 0.940 bits per heavy atom. The summed E-state index contributed by atoms with van der Waals surface area (Å²) in [7, 11) is -5.02. The molecule has 0 radical (unpaired) electrons. The summed E-state index contributed by atoms with van der Waals surface area (Å²) in [6, 6.07) is 33.6. The fourth-order valence-corrected chi connectivity index (χ4v) is 7.82. The molecule has 0 unspecified atom stereocenters. The molecule has 0 amide bonds. The second kappa shape index (κ2) is 14.9. The highest BCUT2D eigenvalue weighted by Crippen LogP contribution is 2.45. The van der Waals surface area contributed by atoms with Gasteiger partial charge in [-0.2, -0.15) is 13.2 Å². The first kappa shape index (κ1) is 37.6. The summed E-state index contributed by atoms with van der Waals surface area (Å²) >= 11 is 0. The molecule has 0 fully saturated rings. The number of hydrogen-bond donors (Lipinski definition) is 0. The molecule has 2 nitrogen and oxygen atoms in total. The third kappa shape index (κ3) is 8.45. The fourth-order valence-electron chi connectivity index (χ4n) is 7.00. The van der Waals surface area contributed by atoms with Crippen molar-refractivity contribution in [1.29, 1.82) is 0 Å². The van der Waals surface area contributed by atoms with E-state index in [1.165, 1.54) is 60.5 Å². The summed E-state index contributed by atoms with van der Waals surface area (Å²) < 4.78 is 60.5. The molecule has 50 heavy (non-hydrogen) atoms. The van der Waals surface area contributed by atoms with Gasteiger partial charge in [-0.15, -0.1) is 0 Å². The Labute approximate surface area is 297 Å². The van der Waals surface area contributed by atoms with E-state index in [1.54, 1.807) is 0 Å². The van der Waals surface area contributed by atoms with Gasteiger partial charge in [0.1, 0.15) is 0 Å². The van der Waals surface area contributed by atoms with Crippen molar-refractivity contribution >= 4 is 31.4 Å². The van der Waals surface area contributed by atoms with Crippen LogP contribution < -0.4 is 0 Å². The minimum atomic E-state index is -5.16. The van der Waals surface area contributed by atoms with Crippen molar-refractivity contribution in [3.05, 3.63) is 108 Å². The highest BCUT2D eigenvalue weighted by molar-refractivity contribution is 7.92. The van der Waals surface area contributed by atoms with E-state index >= 15 is 0 Å². The number of sulfone groups is 1. The van der Waals surface area contributed by atoms with Crippen LogP contribution in [0.25, 0.3) is 43.8 Å². The van der Waals surface area contributed by atoms with Crippen molar-refractivity contribution in [2.24, 2.45) is 0 Å². The van der Waals surface area contributed by atoms with E-state index in [1.807, 2.05) is 0 Å². The SMILES string of the molecule is CC(C)(C)c1ccc(-c2c3ccccc3c(-c3ccc(C(C)(C)C)cc3)c3c(CCCCCCCCCS(=O)(=O)C(F)(F)F)cccc23)cc1. The molecule has 5 aromatic rings. The predicted octanol–water partition coefficient (Wildman–Crippen LogP) is 13.1. The maximum atomic E-state index is 12.6. The van der Waals surface area contributed by atoms with Crippen molar-refractivity contribution in [1.82, 2.24) is 0 Å². The number of hydrogen-bond acceptors (Lipinski definition) is 2. The molecule has 0 atom stereocenters. The number of aryl methyl sites for hydroxylation is 1. The van der Waals surface area contributed by atoms with Crippen LogP contribution in [-0.4, -0.2) is 19.7 Å². The van der Waals surface area contributed by atoms with E-state index in [9.17, 15) is 21.6 Å². The first-order chi connectivity index (χ1) is 23.5. The number of benzene rings is 5. The molecule has 0 heterocycles. The molecular weight excluding hydrogens is 650 g/mol. The molecule has 0 saturated heterocycles. The summed E-state index contributed by atoms with van der Waals surface area (Å²) in [5.41, 5.74) is 3.79. The molecule has 6 heteroatoms. The number of rotatable bonds is 12. The highest BCUT2D eigenvalue weighted by Gasteiger charge is 2.44. The average molecular weight is 701 g/mol. The average Bonchev–Trinajstić information content (AvgIpc) is 3.05. The Balaban J connectivity index is 1.47. The van der Waals surface area contributed by atoms with Gasteiger partial charge in [0.25, 0.3) is 0 Å². The van der Waals surface area contributed by atoms with Crippen molar-refractivity contribution in [2.45, 2.75) is 109 Å². The zero-order chi connectivity index (χ0) is 36.3. The van der Waals surface area contributed by atoms with Gasteiger partial charge in [-0.1, -0.05) is 165 Å². The Bertz CT molecular complexity index is 2030. The highest BCUT2D eigenvalue weighted by atomic mass is 32.2. The Kier molecular flexibility index (Phi) is 11.2. The van der Waals surface area contributed by atoms with E-state index in [2.05, 4.69) is 133 Å². The van der Waals surface area contributed by atoms with Crippen LogP contribution in [0, 0.1) is 0 Å². The molecule has 0 aliphatic carbocycles.